The third kappa shape index (κ3) is 4.16. The minimum Gasteiger partial charge on any atom is -0.380 e. The highest BCUT2D eigenvalue weighted by Crippen LogP contribution is 2.19. The van der Waals surface area contributed by atoms with Crippen LogP contribution in [-0.4, -0.2) is 30.7 Å². The van der Waals surface area contributed by atoms with Crippen LogP contribution >= 0.6 is 0 Å². The summed E-state index contributed by atoms with van der Waals surface area (Å²) in [5.41, 5.74) is 2.34. The molecular weight excluding hydrogens is 295 g/mol. The summed E-state index contributed by atoms with van der Waals surface area (Å²) in [4.78, 5) is 25.1. The van der Waals surface area contributed by atoms with Crippen molar-refractivity contribution < 1.29 is 14.0 Å². The van der Waals surface area contributed by atoms with Gasteiger partial charge in [-0.3, -0.25) is 9.59 Å². The Morgan fingerprint density at radius 3 is 2.52 bits per heavy atom. The summed E-state index contributed by atoms with van der Waals surface area (Å²) in [5, 5.41) is 3.06. The van der Waals surface area contributed by atoms with E-state index in [0.717, 1.165) is 5.56 Å². The molecule has 0 unspecified atom stereocenters. The minimum absolute atomic E-state index is 0.0815. The Hall–Kier alpha value is -2.69. The maximum atomic E-state index is 13.4. The summed E-state index contributed by atoms with van der Waals surface area (Å²) in [7, 11) is 3.39. The third-order valence-electron chi connectivity index (χ3n) is 3.42. The molecule has 0 saturated heterocycles. The van der Waals surface area contributed by atoms with Gasteiger partial charge in [-0.2, -0.15) is 0 Å². The van der Waals surface area contributed by atoms with Crippen molar-refractivity contribution in [2.75, 3.05) is 19.4 Å². The van der Waals surface area contributed by atoms with Crippen LogP contribution in [0.5, 0.6) is 0 Å². The van der Waals surface area contributed by atoms with Gasteiger partial charge in [0.15, 0.2) is 5.78 Å². The molecule has 1 amide bonds. The largest absolute Gasteiger partial charge is 0.380 e. The first kappa shape index (κ1) is 16.7. The Morgan fingerprint density at radius 1 is 1.13 bits per heavy atom. The molecule has 120 valence electrons. The van der Waals surface area contributed by atoms with Gasteiger partial charge < -0.3 is 10.2 Å². The second-order valence-corrected chi connectivity index (χ2v) is 5.50. The summed E-state index contributed by atoms with van der Waals surface area (Å²) < 4.78 is 13.4. The van der Waals surface area contributed by atoms with Crippen LogP contribution in [0.25, 0.3) is 0 Å². The van der Waals surface area contributed by atoms with Crippen LogP contribution in [0, 0.1) is 5.82 Å². The summed E-state index contributed by atoms with van der Waals surface area (Å²) in [6, 6.07) is 11.2. The van der Waals surface area contributed by atoms with E-state index in [-0.39, 0.29) is 11.7 Å². The molecule has 0 radical (unpaired) electrons. The number of anilines is 1. The Labute approximate surface area is 134 Å². The summed E-state index contributed by atoms with van der Waals surface area (Å²) in [6.45, 7) is 1.83. The number of hydrogen-bond acceptors (Lipinski definition) is 3. The van der Waals surface area contributed by atoms with Gasteiger partial charge in [-0.15, -0.1) is 0 Å². The molecule has 0 aromatic heterocycles. The first-order chi connectivity index (χ1) is 10.9. The quantitative estimate of drug-likeness (QED) is 0.861. The molecular formula is C18H19FN2O2. The molecule has 0 heterocycles. The molecule has 0 aliphatic carbocycles. The molecule has 5 heteroatoms. The van der Waals surface area contributed by atoms with Crippen molar-refractivity contribution in [3.63, 3.8) is 0 Å². The van der Waals surface area contributed by atoms with E-state index in [0.29, 0.717) is 23.4 Å². The van der Waals surface area contributed by atoms with Gasteiger partial charge >= 0.3 is 0 Å². The lowest BCUT2D eigenvalue weighted by Gasteiger charge is -2.13. The number of halogens is 1. The van der Waals surface area contributed by atoms with E-state index in [1.807, 2.05) is 6.07 Å². The minimum atomic E-state index is -0.408. The lowest BCUT2D eigenvalue weighted by molar-refractivity contribution is 0.0827. The molecule has 2 rings (SSSR count). The van der Waals surface area contributed by atoms with E-state index < -0.39 is 5.82 Å². The number of amides is 1. The van der Waals surface area contributed by atoms with Gasteiger partial charge in [-0.25, -0.2) is 4.39 Å². The number of hydrogen-bond donors (Lipinski definition) is 1. The normalized spacial score (nSPS) is 10.3. The summed E-state index contributed by atoms with van der Waals surface area (Å²) in [6.07, 6.45) is 0. The number of nitrogens with zero attached hydrogens (tertiary/aromatic N) is 1. The topological polar surface area (TPSA) is 49.4 Å². The fraction of sp³-hybridized carbons (Fsp3) is 0.222. The average molecular weight is 314 g/mol. The van der Waals surface area contributed by atoms with Gasteiger partial charge in [0.1, 0.15) is 5.82 Å². The maximum Gasteiger partial charge on any atom is 0.253 e. The molecule has 2 aromatic carbocycles. The van der Waals surface area contributed by atoms with Crippen molar-refractivity contribution in [3.8, 4) is 0 Å². The molecule has 0 fully saturated rings. The number of benzene rings is 2. The Balaban J connectivity index is 2.19. The number of Topliss-reactive ketones (excluding diaryl/α,β-unsaturated/α-hetero) is 1. The highest BCUT2D eigenvalue weighted by atomic mass is 19.1. The van der Waals surface area contributed by atoms with E-state index in [2.05, 4.69) is 5.32 Å². The SMILES string of the molecule is CC(=O)c1ccc(F)cc1NCc1cccc(C(=O)N(C)C)c1. The zero-order valence-corrected chi connectivity index (χ0v) is 13.4. The average Bonchev–Trinajstić information content (AvgIpc) is 2.52. The lowest BCUT2D eigenvalue weighted by Crippen LogP contribution is -2.21. The molecule has 0 atom stereocenters. The van der Waals surface area contributed by atoms with Gasteiger partial charge in [0.2, 0.25) is 0 Å². The molecule has 0 aliphatic rings. The second-order valence-electron chi connectivity index (χ2n) is 5.50. The van der Waals surface area contributed by atoms with Crippen LogP contribution in [0.4, 0.5) is 10.1 Å². The number of carbonyl (C=O) groups is 2. The second kappa shape index (κ2) is 7.05. The van der Waals surface area contributed by atoms with Crippen LogP contribution in [0.2, 0.25) is 0 Å². The van der Waals surface area contributed by atoms with Crippen LogP contribution in [0.15, 0.2) is 42.5 Å². The molecule has 2 aromatic rings. The van der Waals surface area contributed by atoms with Crippen molar-refractivity contribution >= 4 is 17.4 Å². The molecule has 1 N–H and O–H groups in total. The van der Waals surface area contributed by atoms with Crippen LogP contribution in [-0.2, 0) is 6.54 Å². The highest BCUT2D eigenvalue weighted by molar-refractivity contribution is 5.99. The van der Waals surface area contributed by atoms with Crippen molar-refractivity contribution in [3.05, 3.63) is 65.0 Å². The third-order valence-corrected chi connectivity index (χ3v) is 3.42. The Morgan fingerprint density at radius 2 is 1.87 bits per heavy atom. The number of ketones is 1. The van der Waals surface area contributed by atoms with E-state index in [1.165, 1.54) is 30.0 Å². The van der Waals surface area contributed by atoms with E-state index in [1.54, 1.807) is 32.3 Å². The predicted octanol–water partition coefficient (Wildman–Crippen LogP) is 3.34. The fourth-order valence-corrected chi connectivity index (χ4v) is 2.24. The zero-order chi connectivity index (χ0) is 17.0. The van der Waals surface area contributed by atoms with Crippen molar-refractivity contribution in [1.82, 2.24) is 4.90 Å². The van der Waals surface area contributed by atoms with Crippen LogP contribution in [0.3, 0.4) is 0 Å². The molecule has 0 saturated carbocycles. The van der Waals surface area contributed by atoms with Gasteiger partial charge in [-0.05, 0) is 42.8 Å². The zero-order valence-electron chi connectivity index (χ0n) is 13.4. The van der Waals surface area contributed by atoms with Gasteiger partial charge in [0.05, 0.1) is 0 Å². The molecule has 0 spiro atoms. The monoisotopic (exact) mass is 314 g/mol. The van der Waals surface area contributed by atoms with Crippen LogP contribution < -0.4 is 5.32 Å². The Kier molecular flexibility index (Phi) is 5.11. The van der Waals surface area contributed by atoms with Crippen molar-refractivity contribution in [2.24, 2.45) is 0 Å². The molecule has 23 heavy (non-hydrogen) atoms. The maximum absolute atomic E-state index is 13.4. The smallest absolute Gasteiger partial charge is 0.253 e. The number of nitrogens with one attached hydrogen (secondary N) is 1. The summed E-state index contributed by atoms with van der Waals surface area (Å²) in [5.74, 6) is -0.625. The lowest BCUT2D eigenvalue weighted by atomic mass is 10.1. The predicted molar refractivity (Wildman–Crippen MR) is 88.2 cm³/mol. The number of carbonyl (C=O) groups excluding carboxylic acids is 2. The van der Waals surface area contributed by atoms with Crippen molar-refractivity contribution in [1.29, 1.82) is 0 Å². The van der Waals surface area contributed by atoms with E-state index >= 15 is 0 Å². The van der Waals surface area contributed by atoms with Gasteiger partial charge in [-0.1, -0.05) is 12.1 Å². The molecule has 0 aliphatic heterocycles. The Bertz CT molecular complexity index is 742. The molecule has 0 bridgehead atoms. The van der Waals surface area contributed by atoms with E-state index in [4.69, 9.17) is 0 Å². The summed E-state index contributed by atoms with van der Waals surface area (Å²) >= 11 is 0. The van der Waals surface area contributed by atoms with Crippen molar-refractivity contribution in [2.45, 2.75) is 13.5 Å². The standard InChI is InChI=1S/C18H19FN2O2/c1-12(22)16-8-7-15(19)10-17(16)20-11-13-5-4-6-14(9-13)18(23)21(2)3/h4-10,20H,11H2,1-3H3. The highest BCUT2D eigenvalue weighted by Gasteiger charge is 2.10. The molecule has 4 nitrogen and oxygen atoms in total. The van der Waals surface area contributed by atoms with E-state index in [9.17, 15) is 14.0 Å². The first-order valence-electron chi connectivity index (χ1n) is 7.23. The van der Waals surface area contributed by atoms with Crippen LogP contribution in [0.1, 0.15) is 33.2 Å². The number of rotatable bonds is 5. The van der Waals surface area contributed by atoms with Gasteiger partial charge in [0.25, 0.3) is 5.91 Å². The first-order valence-corrected chi connectivity index (χ1v) is 7.23. The fourth-order valence-electron chi connectivity index (χ4n) is 2.24. The van der Waals surface area contributed by atoms with Gasteiger partial charge in [0, 0.05) is 37.5 Å².